The monoisotopic (exact) mass is 406 g/mol. The molecule has 0 aliphatic carbocycles. The summed E-state index contributed by atoms with van der Waals surface area (Å²) in [5.74, 6) is -1.14. The van der Waals surface area contributed by atoms with E-state index in [0.29, 0.717) is 24.6 Å². The Hall–Kier alpha value is -2.77. The van der Waals surface area contributed by atoms with Gasteiger partial charge in [-0.2, -0.15) is 0 Å². The molecule has 3 N–H and O–H groups in total. The van der Waals surface area contributed by atoms with Crippen LogP contribution in [0.15, 0.2) is 24.4 Å². The smallest absolute Gasteiger partial charge is 0.303 e. The highest BCUT2D eigenvalue weighted by molar-refractivity contribution is 5.67. The number of hydrogen-bond acceptors (Lipinski definition) is 5. The Morgan fingerprint density at radius 1 is 1.21 bits per heavy atom. The second-order valence-electron chi connectivity index (χ2n) is 7.44. The lowest BCUT2D eigenvalue weighted by Crippen LogP contribution is -2.13. The summed E-state index contributed by atoms with van der Waals surface area (Å²) in [5, 5.41) is 14.8. The zero-order chi connectivity index (χ0) is 21.4. The average molecular weight is 406 g/mol. The quantitative estimate of drug-likeness (QED) is 0.497. The molecule has 0 aliphatic rings. The molecule has 2 rings (SSSR count). The number of carboxylic acids is 1. The number of rotatable bonds is 11. The van der Waals surface area contributed by atoms with Crippen LogP contribution in [0.4, 0.5) is 20.3 Å². The summed E-state index contributed by atoms with van der Waals surface area (Å²) in [6, 6.07) is 4.10. The molecule has 158 valence electrons. The van der Waals surface area contributed by atoms with Gasteiger partial charge in [0.2, 0.25) is 0 Å². The van der Waals surface area contributed by atoms with Crippen molar-refractivity contribution < 1.29 is 18.7 Å². The molecule has 0 spiro atoms. The first-order chi connectivity index (χ1) is 13.8. The van der Waals surface area contributed by atoms with Gasteiger partial charge in [0, 0.05) is 31.3 Å². The normalized spacial score (nSPS) is 12.1. The van der Waals surface area contributed by atoms with Crippen molar-refractivity contribution in [2.24, 2.45) is 11.8 Å². The molecular formula is C21H28F2N4O2. The zero-order valence-electron chi connectivity index (χ0n) is 17.0. The maximum absolute atomic E-state index is 14.5. The van der Waals surface area contributed by atoms with Crippen LogP contribution in [0.3, 0.4) is 0 Å². The van der Waals surface area contributed by atoms with Crippen molar-refractivity contribution in [3.63, 3.8) is 0 Å². The van der Waals surface area contributed by atoms with Crippen LogP contribution in [0.25, 0.3) is 11.4 Å². The molecule has 1 aromatic heterocycles. The van der Waals surface area contributed by atoms with E-state index in [1.54, 1.807) is 12.3 Å². The van der Waals surface area contributed by atoms with Crippen LogP contribution < -0.4 is 10.6 Å². The number of carboxylic acid groups (broad SMARTS) is 1. The summed E-state index contributed by atoms with van der Waals surface area (Å²) in [6.07, 6.45) is 2.79. The molecule has 1 unspecified atom stereocenters. The third-order valence-corrected chi connectivity index (χ3v) is 4.54. The molecule has 1 aromatic carbocycles. The third kappa shape index (κ3) is 6.96. The van der Waals surface area contributed by atoms with Gasteiger partial charge in [-0.1, -0.05) is 27.2 Å². The van der Waals surface area contributed by atoms with Gasteiger partial charge in [0.1, 0.15) is 23.1 Å². The van der Waals surface area contributed by atoms with Gasteiger partial charge in [0.15, 0.2) is 5.82 Å². The first-order valence-corrected chi connectivity index (χ1v) is 9.82. The zero-order valence-corrected chi connectivity index (χ0v) is 17.0. The van der Waals surface area contributed by atoms with E-state index in [4.69, 9.17) is 5.11 Å². The van der Waals surface area contributed by atoms with Gasteiger partial charge >= 0.3 is 5.97 Å². The number of aromatic nitrogens is 2. The van der Waals surface area contributed by atoms with Crippen molar-refractivity contribution in [1.82, 2.24) is 9.97 Å². The first-order valence-electron chi connectivity index (χ1n) is 9.82. The molecule has 0 bridgehead atoms. The van der Waals surface area contributed by atoms with Crippen LogP contribution in [-0.2, 0) is 4.79 Å². The fourth-order valence-electron chi connectivity index (χ4n) is 2.87. The largest absolute Gasteiger partial charge is 0.481 e. The van der Waals surface area contributed by atoms with Gasteiger partial charge < -0.3 is 15.7 Å². The summed E-state index contributed by atoms with van der Waals surface area (Å²) < 4.78 is 29.0. The second-order valence-corrected chi connectivity index (χ2v) is 7.44. The number of aliphatic carboxylic acids is 1. The minimum absolute atomic E-state index is 0.0418. The second kappa shape index (κ2) is 10.7. The summed E-state index contributed by atoms with van der Waals surface area (Å²) in [5.41, 5.74) is 0.0177. The number of halogens is 2. The standard InChI is InChI=1S/C21H28F2N4O2/c1-4-14(9-19(28)29)5-7-24-20-16(22)10-15(11-17(20)23)21-25-8-6-18(27-21)26-12-13(2)3/h6,8,10-11,13-14,24H,4-5,7,9,12H2,1-3H3,(H,28,29)(H,25,26,27). The molecule has 0 saturated heterocycles. The third-order valence-electron chi connectivity index (χ3n) is 4.54. The molecule has 0 fully saturated rings. The molecule has 0 saturated carbocycles. The molecule has 0 aliphatic heterocycles. The Balaban J connectivity index is 2.09. The topological polar surface area (TPSA) is 87.1 Å². The highest BCUT2D eigenvalue weighted by Crippen LogP contribution is 2.26. The molecule has 0 radical (unpaired) electrons. The first kappa shape index (κ1) is 22.5. The lowest BCUT2D eigenvalue weighted by atomic mass is 9.98. The number of nitrogens with zero attached hydrogens (tertiary/aromatic N) is 2. The number of nitrogens with one attached hydrogen (secondary N) is 2. The van der Waals surface area contributed by atoms with Crippen LogP contribution in [0.1, 0.15) is 40.0 Å². The number of anilines is 2. The molecule has 1 heterocycles. The molecule has 2 aromatic rings. The van der Waals surface area contributed by atoms with E-state index in [0.717, 1.165) is 6.54 Å². The molecular weight excluding hydrogens is 378 g/mol. The summed E-state index contributed by atoms with van der Waals surface area (Å²) in [7, 11) is 0. The van der Waals surface area contributed by atoms with E-state index in [9.17, 15) is 13.6 Å². The van der Waals surface area contributed by atoms with Crippen LogP contribution in [0.5, 0.6) is 0 Å². The van der Waals surface area contributed by atoms with Crippen molar-refractivity contribution in [3.05, 3.63) is 36.0 Å². The minimum Gasteiger partial charge on any atom is -0.481 e. The highest BCUT2D eigenvalue weighted by Gasteiger charge is 2.15. The van der Waals surface area contributed by atoms with E-state index in [2.05, 4.69) is 34.4 Å². The maximum Gasteiger partial charge on any atom is 0.303 e. The fraction of sp³-hybridized carbons (Fsp3) is 0.476. The summed E-state index contributed by atoms with van der Waals surface area (Å²) in [4.78, 5) is 19.3. The van der Waals surface area contributed by atoms with Gasteiger partial charge in [-0.15, -0.1) is 0 Å². The van der Waals surface area contributed by atoms with E-state index in [-0.39, 0.29) is 36.0 Å². The molecule has 6 nitrogen and oxygen atoms in total. The van der Waals surface area contributed by atoms with E-state index in [1.165, 1.54) is 12.1 Å². The van der Waals surface area contributed by atoms with Crippen LogP contribution in [0, 0.1) is 23.5 Å². The van der Waals surface area contributed by atoms with Crippen molar-refractivity contribution in [1.29, 1.82) is 0 Å². The van der Waals surface area contributed by atoms with Crippen LogP contribution >= 0.6 is 0 Å². The fourth-order valence-corrected chi connectivity index (χ4v) is 2.87. The van der Waals surface area contributed by atoms with Gasteiger partial charge in [-0.25, -0.2) is 18.7 Å². The highest BCUT2D eigenvalue weighted by atomic mass is 19.1. The lowest BCUT2D eigenvalue weighted by molar-refractivity contribution is -0.138. The molecule has 8 heteroatoms. The Morgan fingerprint density at radius 2 is 1.90 bits per heavy atom. The van der Waals surface area contributed by atoms with E-state index >= 15 is 0 Å². The van der Waals surface area contributed by atoms with Crippen molar-refractivity contribution in [2.45, 2.75) is 40.0 Å². The molecule has 0 amide bonds. The predicted octanol–water partition coefficient (Wildman–Crippen LogP) is 4.79. The summed E-state index contributed by atoms with van der Waals surface area (Å²) >= 11 is 0. The van der Waals surface area contributed by atoms with Crippen molar-refractivity contribution in [2.75, 3.05) is 23.7 Å². The average Bonchev–Trinajstić information content (AvgIpc) is 2.67. The summed E-state index contributed by atoms with van der Waals surface area (Å²) in [6.45, 7) is 7.03. The predicted molar refractivity (Wildman–Crippen MR) is 110 cm³/mol. The SMILES string of the molecule is CCC(CCNc1c(F)cc(-c2nccc(NCC(C)C)n2)cc1F)CC(=O)O. The Labute approximate surface area is 169 Å². The Bertz CT molecular complexity index is 807. The number of carbonyl (C=O) groups is 1. The van der Waals surface area contributed by atoms with Crippen LogP contribution in [0.2, 0.25) is 0 Å². The van der Waals surface area contributed by atoms with E-state index in [1.807, 2.05) is 6.92 Å². The number of hydrogen-bond donors (Lipinski definition) is 3. The Kier molecular flexibility index (Phi) is 8.30. The molecule has 29 heavy (non-hydrogen) atoms. The number of benzene rings is 1. The Morgan fingerprint density at radius 3 is 2.48 bits per heavy atom. The lowest BCUT2D eigenvalue weighted by Gasteiger charge is -2.15. The van der Waals surface area contributed by atoms with E-state index < -0.39 is 17.6 Å². The van der Waals surface area contributed by atoms with Gasteiger partial charge in [0.25, 0.3) is 0 Å². The van der Waals surface area contributed by atoms with Crippen molar-refractivity contribution >= 4 is 17.5 Å². The van der Waals surface area contributed by atoms with Gasteiger partial charge in [-0.3, -0.25) is 4.79 Å². The van der Waals surface area contributed by atoms with Crippen LogP contribution in [-0.4, -0.2) is 34.1 Å². The maximum atomic E-state index is 14.5. The van der Waals surface area contributed by atoms with Gasteiger partial charge in [0.05, 0.1) is 0 Å². The minimum atomic E-state index is -0.872. The molecule has 1 atom stereocenters. The van der Waals surface area contributed by atoms with Crippen molar-refractivity contribution in [3.8, 4) is 11.4 Å². The van der Waals surface area contributed by atoms with Gasteiger partial charge in [-0.05, 0) is 36.5 Å².